The van der Waals surface area contributed by atoms with Gasteiger partial charge in [-0.3, -0.25) is 14.5 Å². The number of benzene rings is 1. The number of amides is 1. The van der Waals surface area contributed by atoms with Crippen LogP contribution in [0.5, 0.6) is 0 Å². The molecule has 1 unspecified atom stereocenters. The predicted molar refractivity (Wildman–Crippen MR) is 141 cm³/mol. The topological polar surface area (TPSA) is 96.3 Å². The molecule has 1 aliphatic rings. The van der Waals surface area contributed by atoms with Gasteiger partial charge in [0.25, 0.3) is 5.91 Å². The van der Waals surface area contributed by atoms with Gasteiger partial charge in [-0.2, -0.15) is 0 Å². The molecule has 1 amide bonds. The monoisotopic (exact) mass is 540 g/mol. The summed E-state index contributed by atoms with van der Waals surface area (Å²) in [6.07, 6.45) is 0. The fraction of sp³-hybridized carbons (Fsp3) is 0.208. The molecule has 11 heteroatoms. The van der Waals surface area contributed by atoms with Gasteiger partial charge in [-0.15, -0.1) is 32.9 Å². The second-order valence-corrected chi connectivity index (χ2v) is 12.2. The molecule has 3 aromatic heterocycles. The van der Waals surface area contributed by atoms with Crippen molar-refractivity contribution < 1.29 is 14.7 Å². The Hall–Kier alpha value is -2.86. The molecule has 35 heavy (non-hydrogen) atoms. The Balaban J connectivity index is 1.51. The summed E-state index contributed by atoms with van der Waals surface area (Å²) in [6.45, 7) is 5.51. The highest BCUT2D eigenvalue weighted by Crippen LogP contribution is 2.46. The average Bonchev–Trinajstić information content (AvgIpc) is 3.61. The van der Waals surface area contributed by atoms with Crippen LogP contribution in [0.2, 0.25) is 0 Å². The summed E-state index contributed by atoms with van der Waals surface area (Å²) in [7, 11) is 0. The van der Waals surface area contributed by atoms with Gasteiger partial charge in [-0.1, -0.05) is 53.4 Å². The number of thiazole rings is 1. The van der Waals surface area contributed by atoms with Crippen LogP contribution in [0.25, 0.3) is 0 Å². The van der Waals surface area contributed by atoms with Gasteiger partial charge >= 0.3 is 0 Å². The maximum absolute atomic E-state index is 13.6. The van der Waals surface area contributed by atoms with E-state index in [0.717, 1.165) is 21.0 Å². The van der Waals surface area contributed by atoms with E-state index in [0.29, 0.717) is 25.8 Å². The molecule has 1 atom stereocenters. The maximum Gasteiger partial charge on any atom is 0.296 e. The van der Waals surface area contributed by atoms with Crippen molar-refractivity contribution in [1.82, 2.24) is 15.2 Å². The van der Waals surface area contributed by atoms with E-state index in [1.807, 2.05) is 55.6 Å². The minimum atomic E-state index is -0.781. The fourth-order valence-electron chi connectivity index (χ4n) is 3.89. The molecule has 4 aromatic rings. The minimum absolute atomic E-state index is 0.0565. The lowest BCUT2D eigenvalue weighted by Gasteiger charge is -2.23. The zero-order valence-electron chi connectivity index (χ0n) is 19.0. The molecule has 0 aliphatic carbocycles. The van der Waals surface area contributed by atoms with Crippen molar-refractivity contribution in [2.24, 2.45) is 0 Å². The van der Waals surface area contributed by atoms with Crippen molar-refractivity contribution in [3.8, 4) is 0 Å². The quantitative estimate of drug-likeness (QED) is 0.173. The normalized spacial score (nSPS) is 15.9. The number of nitrogens with zero attached hydrogens (tertiary/aromatic N) is 4. The molecule has 0 fully saturated rings. The van der Waals surface area contributed by atoms with Crippen molar-refractivity contribution in [2.75, 3.05) is 4.90 Å². The highest BCUT2D eigenvalue weighted by Gasteiger charge is 2.47. The largest absolute Gasteiger partial charge is 0.503 e. The first-order valence-corrected chi connectivity index (χ1v) is 14.1. The summed E-state index contributed by atoms with van der Waals surface area (Å²) in [5, 5.41) is 22.5. The van der Waals surface area contributed by atoms with Gasteiger partial charge in [0.05, 0.1) is 21.2 Å². The van der Waals surface area contributed by atoms with E-state index in [4.69, 9.17) is 0 Å². The Morgan fingerprint density at radius 2 is 1.89 bits per heavy atom. The number of carbonyl (C=O) groups is 2. The summed E-state index contributed by atoms with van der Waals surface area (Å²) >= 11 is 5.49. The van der Waals surface area contributed by atoms with E-state index in [1.54, 1.807) is 6.92 Å². The van der Waals surface area contributed by atoms with Crippen LogP contribution in [0.4, 0.5) is 5.13 Å². The van der Waals surface area contributed by atoms with E-state index < -0.39 is 17.7 Å². The number of ketones is 1. The number of rotatable bonds is 7. The van der Waals surface area contributed by atoms with Crippen molar-refractivity contribution in [3.63, 3.8) is 0 Å². The highest BCUT2D eigenvalue weighted by atomic mass is 32.2. The van der Waals surface area contributed by atoms with E-state index >= 15 is 0 Å². The number of aryl methyl sites for hydroxylation is 3. The second-order valence-electron chi connectivity index (χ2n) is 7.91. The molecule has 1 aliphatic heterocycles. The molecular formula is C24H20N4O3S4. The number of aliphatic hydroxyl groups is 1. The Morgan fingerprint density at radius 3 is 2.54 bits per heavy atom. The zero-order chi connectivity index (χ0) is 24.7. The standard InChI is InChI=1S/C24H20N4O3S4/c1-12-9-10-32-20(12)17-16(18(29)21-13(2)25-14(3)34-21)19(30)22(31)28(17)23-26-27-24(35-23)33-11-15-7-5-4-6-8-15/h4-10,17,30H,11H2,1-3H3. The molecule has 0 bridgehead atoms. The second kappa shape index (κ2) is 9.65. The number of thioether (sulfide) groups is 1. The number of anilines is 1. The predicted octanol–water partition coefficient (Wildman–Crippen LogP) is 6.06. The first kappa shape index (κ1) is 23.9. The van der Waals surface area contributed by atoms with Gasteiger partial charge in [0.2, 0.25) is 10.9 Å². The maximum atomic E-state index is 13.6. The SMILES string of the molecule is Cc1nc(C)c(C(=O)C2=C(O)C(=O)N(c3nnc(SCc4ccccc4)s3)C2c2sccc2C)s1. The van der Waals surface area contributed by atoms with Gasteiger partial charge in [-0.25, -0.2) is 4.98 Å². The summed E-state index contributed by atoms with van der Waals surface area (Å²) in [5.74, 6) is -0.871. The number of aliphatic hydroxyl groups excluding tert-OH is 1. The molecular weight excluding hydrogens is 521 g/mol. The summed E-state index contributed by atoms with van der Waals surface area (Å²) in [4.78, 5) is 34.0. The summed E-state index contributed by atoms with van der Waals surface area (Å²) in [6, 6.07) is 11.2. The number of hydrogen-bond donors (Lipinski definition) is 1. The number of thiophene rings is 1. The zero-order valence-corrected chi connectivity index (χ0v) is 22.3. The minimum Gasteiger partial charge on any atom is -0.503 e. The van der Waals surface area contributed by atoms with Gasteiger partial charge in [0.15, 0.2) is 10.1 Å². The van der Waals surface area contributed by atoms with Crippen LogP contribution in [0.15, 0.2) is 57.5 Å². The molecule has 4 heterocycles. The van der Waals surface area contributed by atoms with Gasteiger partial charge in [0.1, 0.15) is 6.04 Å². The highest BCUT2D eigenvalue weighted by molar-refractivity contribution is 8.00. The number of hydrogen-bond acceptors (Lipinski definition) is 10. The van der Waals surface area contributed by atoms with Crippen LogP contribution in [-0.4, -0.2) is 32.0 Å². The van der Waals surface area contributed by atoms with E-state index in [-0.39, 0.29) is 11.4 Å². The molecule has 0 saturated heterocycles. The smallest absolute Gasteiger partial charge is 0.296 e. The molecule has 7 nitrogen and oxygen atoms in total. The third-order valence-electron chi connectivity index (χ3n) is 5.52. The number of carbonyl (C=O) groups excluding carboxylic acids is 2. The van der Waals surface area contributed by atoms with Crippen LogP contribution in [0.3, 0.4) is 0 Å². The Bertz CT molecular complexity index is 1450. The first-order valence-electron chi connectivity index (χ1n) is 10.6. The number of aromatic nitrogens is 3. The van der Waals surface area contributed by atoms with Crippen LogP contribution < -0.4 is 4.90 Å². The molecule has 0 radical (unpaired) electrons. The Morgan fingerprint density at radius 1 is 1.11 bits per heavy atom. The molecule has 178 valence electrons. The van der Waals surface area contributed by atoms with Crippen LogP contribution in [-0.2, 0) is 10.5 Å². The van der Waals surface area contributed by atoms with Crippen molar-refractivity contribution in [2.45, 2.75) is 36.9 Å². The molecule has 0 saturated carbocycles. The first-order chi connectivity index (χ1) is 16.8. The molecule has 5 rings (SSSR count). The Kier molecular flexibility index (Phi) is 6.58. The summed E-state index contributed by atoms with van der Waals surface area (Å²) in [5.41, 5.74) is 2.72. The van der Waals surface area contributed by atoms with Crippen molar-refractivity contribution in [3.05, 3.63) is 84.7 Å². The molecule has 1 N–H and O–H groups in total. The van der Waals surface area contributed by atoms with E-state index in [9.17, 15) is 14.7 Å². The third-order valence-corrected chi connectivity index (χ3v) is 9.79. The lowest BCUT2D eigenvalue weighted by atomic mass is 9.99. The van der Waals surface area contributed by atoms with E-state index in [1.165, 1.54) is 50.7 Å². The summed E-state index contributed by atoms with van der Waals surface area (Å²) < 4.78 is 0.700. The fourth-order valence-corrected chi connectivity index (χ4v) is 7.61. The van der Waals surface area contributed by atoms with Gasteiger partial charge in [-0.05, 0) is 43.3 Å². The molecule has 1 aromatic carbocycles. The number of Topliss-reactive ketones (excluding diaryl/α,β-unsaturated/α-hetero) is 1. The third kappa shape index (κ3) is 4.44. The van der Waals surface area contributed by atoms with Crippen molar-refractivity contribution >= 4 is 62.6 Å². The van der Waals surface area contributed by atoms with E-state index in [2.05, 4.69) is 15.2 Å². The van der Waals surface area contributed by atoms with Crippen LogP contribution in [0.1, 0.15) is 42.4 Å². The average molecular weight is 541 g/mol. The Labute approximate surface area is 218 Å². The van der Waals surface area contributed by atoms with Gasteiger partial charge in [0, 0.05) is 10.6 Å². The lowest BCUT2D eigenvalue weighted by molar-refractivity contribution is -0.117. The molecule has 0 spiro atoms. The van der Waals surface area contributed by atoms with Crippen LogP contribution in [0, 0.1) is 20.8 Å². The van der Waals surface area contributed by atoms with Crippen LogP contribution >= 0.6 is 45.8 Å². The van der Waals surface area contributed by atoms with Crippen molar-refractivity contribution in [1.29, 1.82) is 0 Å². The van der Waals surface area contributed by atoms with Gasteiger partial charge < -0.3 is 5.11 Å². The lowest BCUT2D eigenvalue weighted by Crippen LogP contribution is -2.30.